The van der Waals surface area contributed by atoms with Crippen molar-refractivity contribution in [3.05, 3.63) is 35.4 Å². The van der Waals surface area contributed by atoms with Gasteiger partial charge in [0, 0.05) is 12.1 Å². The summed E-state index contributed by atoms with van der Waals surface area (Å²) in [4.78, 5) is 0. The minimum atomic E-state index is -3.47. The zero-order chi connectivity index (χ0) is 15.3. The molecule has 0 saturated carbocycles. The molecule has 7 heteroatoms. The van der Waals surface area contributed by atoms with E-state index in [-0.39, 0.29) is 17.9 Å². The number of nitrogens with one attached hydrogen (secondary N) is 2. The molecule has 0 bridgehead atoms. The standard InChI is InChI=1S/C14H20F2N2O2S/c15-13-1-2-14(16)12(9-13)10-18-21(19,20)8-5-11-3-6-17-7-4-11/h1-2,9,11,17-18H,3-8,10H2. The van der Waals surface area contributed by atoms with Gasteiger partial charge in [-0.15, -0.1) is 0 Å². The fourth-order valence-corrected chi connectivity index (χ4v) is 3.59. The van der Waals surface area contributed by atoms with E-state index in [4.69, 9.17) is 0 Å². The van der Waals surface area contributed by atoms with Gasteiger partial charge in [0.05, 0.1) is 5.75 Å². The maximum Gasteiger partial charge on any atom is 0.211 e. The molecule has 0 aromatic heterocycles. The quantitative estimate of drug-likeness (QED) is 0.840. The van der Waals surface area contributed by atoms with Crippen molar-refractivity contribution in [3.8, 4) is 0 Å². The van der Waals surface area contributed by atoms with Crippen molar-refractivity contribution in [3.63, 3.8) is 0 Å². The summed E-state index contributed by atoms with van der Waals surface area (Å²) in [6.07, 6.45) is 2.56. The molecule has 0 spiro atoms. The molecule has 0 atom stereocenters. The van der Waals surface area contributed by atoms with Crippen LogP contribution in [-0.4, -0.2) is 27.3 Å². The first-order valence-electron chi connectivity index (χ1n) is 7.08. The Labute approximate surface area is 124 Å². The van der Waals surface area contributed by atoms with Gasteiger partial charge in [0.25, 0.3) is 0 Å². The van der Waals surface area contributed by atoms with Crippen LogP contribution in [0.3, 0.4) is 0 Å². The first-order valence-corrected chi connectivity index (χ1v) is 8.73. The third kappa shape index (κ3) is 5.33. The van der Waals surface area contributed by atoms with E-state index >= 15 is 0 Å². The highest BCUT2D eigenvalue weighted by Crippen LogP contribution is 2.16. The maximum absolute atomic E-state index is 13.4. The summed E-state index contributed by atoms with van der Waals surface area (Å²) < 4.78 is 52.6. The molecule has 2 rings (SSSR count). The zero-order valence-electron chi connectivity index (χ0n) is 11.7. The Bertz CT molecular complexity index is 572. The molecule has 4 nitrogen and oxygen atoms in total. The molecule has 0 aliphatic carbocycles. The SMILES string of the molecule is O=S(=O)(CCC1CCNCC1)NCc1cc(F)ccc1F. The van der Waals surface area contributed by atoms with E-state index in [0.717, 1.165) is 44.1 Å². The molecule has 1 aromatic rings. The van der Waals surface area contributed by atoms with Gasteiger partial charge in [0.1, 0.15) is 11.6 Å². The highest BCUT2D eigenvalue weighted by Gasteiger charge is 2.18. The summed E-state index contributed by atoms with van der Waals surface area (Å²) in [5, 5.41) is 3.23. The van der Waals surface area contributed by atoms with E-state index < -0.39 is 21.7 Å². The highest BCUT2D eigenvalue weighted by atomic mass is 32.2. The van der Waals surface area contributed by atoms with Crippen LogP contribution in [0.15, 0.2) is 18.2 Å². The first-order chi connectivity index (χ1) is 9.96. The Hall–Kier alpha value is -1.05. The fraction of sp³-hybridized carbons (Fsp3) is 0.571. The molecule has 1 aromatic carbocycles. The molecule has 1 aliphatic heterocycles. The molecule has 21 heavy (non-hydrogen) atoms. The molecule has 0 unspecified atom stereocenters. The van der Waals surface area contributed by atoms with Gasteiger partial charge in [0.2, 0.25) is 10.0 Å². The van der Waals surface area contributed by atoms with Crippen LogP contribution in [-0.2, 0) is 16.6 Å². The Morgan fingerprint density at radius 1 is 1.24 bits per heavy atom. The average molecular weight is 318 g/mol. The van der Waals surface area contributed by atoms with Crippen LogP contribution in [0.2, 0.25) is 0 Å². The molecule has 1 heterocycles. The van der Waals surface area contributed by atoms with Crippen molar-refractivity contribution in [2.24, 2.45) is 5.92 Å². The number of halogens is 2. The number of hydrogen-bond donors (Lipinski definition) is 2. The summed E-state index contributed by atoms with van der Waals surface area (Å²) in [5.74, 6) is -0.763. The minimum absolute atomic E-state index is 0.0143. The van der Waals surface area contributed by atoms with E-state index in [1.54, 1.807) is 0 Å². The van der Waals surface area contributed by atoms with E-state index in [9.17, 15) is 17.2 Å². The number of sulfonamides is 1. The van der Waals surface area contributed by atoms with Gasteiger partial charge >= 0.3 is 0 Å². The van der Waals surface area contributed by atoms with Crippen LogP contribution in [0, 0.1) is 17.6 Å². The van der Waals surface area contributed by atoms with Crippen LogP contribution < -0.4 is 10.0 Å². The van der Waals surface area contributed by atoms with E-state index in [1.165, 1.54) is 0 Å². The normalized spacial score (nSPS) is 17.0. The third-order valence-corrected chi connectivity index (χ3v) is 5.10. The van der Waals surface area contributed by atoms with Crippen molar-refractivity contribution in [2.45, 2.75) is 25.8 Å². The lowest BCUT2D eigenvalue weighted by Crippen LogP contribution is -2.31. The van der Waals surface area contributed by atoms with E-state index in [2.05, 4.69) is 10.0 Å². The zero-order valence-corrected chi connectivity index (χ0v) is 12.6. The monoisotopic (exact) mass is 318 g/mol. The number of hydrogen-bond acceptors (Lipinski definition) is 3. The van der Waals surface area contributed by atoms with Gasteiger partial charge < -0.3 is 5.32 Å². The Morgan fingerprint density at radius 3 is 2.67 bits per heavy atom. The van der Waals surface area contributed by atoms with Crippen molar-refractivity contribution >= 4 is 10.0 Å². The van der Waals surface area contributed by atoms with Crippen molar-refractivity contribution in [2.75, 3.05) is 18.8 Å². The van der Waals surface area contributed by atoms with Gasteiger partial charge in [-0.05, 0) is 56.5 Å². The highest BCUT2D eigenvalue weighted by molar-refractivity contribution is 7.89. The lowest BCUT2D eigenvalue weighted by Gasteiger charge is -2.22. The van der Waals surface area contributed by atoms with Crippen LogP contribution in [0.1, 0.15) is 24.8 Å². The molecule has 1 aliphatic rings. The molecule has 118 valence electrons. The summed E-state index contributed by atoms with van der Waals surface area (Å²) >= 11 is 0. The molecule has 0 radical (unpaired) electrons. The number of rotatable bonds is 6. The Balaban J connectivity index is 1.84. The van der Waals surface area contributed by atoms with Gasteiger partial charge in [-0.1, -0.05) is 0 Å². The van der Waals surface area contributed by atoms with Gasteiger partial charge in [-0.2, -0.15) is 0 Å². The van der Waals surface area contributed by atoms with Crippen molar-refractivity contribution in [1.82, 2.24) is 10.0 Å². The van der Waals surface area contributed by atoms with Crippen LogP contribution in [0.25, 0.3) is 0 Å². The second-order valence-electron chi connectivity index (χ2n) is 5.36. The third-order valence-electron chi connectivity index (χ3n) is 3.74. The molecule has 1 fully saturated rings. The second-order valence-corrected chi connectivity index (χ2v) is 7.28. The predicted octanol–water partition coefficient (Wildman–Crippen LogP) is 1.77. The number of piperidine rings is 1. The second kappa shape index (κ2) is 7.29. The van der Waals surface area contributed by atoms with E-state index in [1.807, 2.05) is 0 Å². The van der Waals surface area contributed by atoms with Crippen molar-refractivity contribution in [1.29, 1.82) is 0 Å². The maximum atomic E-state index is 13.4. The Kier molecular flexibility index (Phi) is 5.66. The smallest absolute Gasteiger partial charge is 0.211 e. The predicted molar refractivity (Wildman–Crippen MR) is 77.2 cm³/mol. The fourth-order valence-electron chi connectivity index (χ4n) is 2.43. The summed E-state index contributed by atoms with van der Waals surface area (Å²) in [6.45, 7) is 1.62. The number of benzene rings is 1. The van der Waals surface area contributed by atoms with Gasteiger partial charge in [0.15, 0.2) is 0 Å². The Morgan fingerprint density at radius 2 is 1.95 bits per heavy atom. The van der Waals surface area contributed by atoms with Gasteiger partial charge in [-0.3, -0.25) is 0 Å². The summed E-state index contributed by atoms with van der Waals surface area (Å²) in [6, 6.07) is 3.00. The summed E-state index contributed by atoms with van der Waals surface area (Å²) in [5.41, 5.74) is 0.0143. The van der Waals surface area contributed by atoms with Gasteiger partial charge in [-0.25, -0.2) is 21.9 Å². The molecule has 1 saturated heterocycles. The first kappa shape index (κ1) is 16.3. The van der Waals surface area contributed by atoms with Crippen LogP contribution >= 0.6 is 0 Å². The lowest BCUT2D eigenvalue weighted by molar-refractivity contribution is 0.365. The van der Waals surface area contributed by atoms with E-state index in [0.29, 0.717) is 12.3 Å². The lowest BCUT2D eigenvalue weighted by atomic mass is 9.96. The van der Waals surface area contributed by atoms with Crippen molar-refractivity contribution < 1.29 is 17.2 Å². The van der Waals surface area contributed by atoms with Crippen LogP contribution in [0.4, 0.5) is 8.78 Å². The molecule has 0 amide bonds. The average Bonchev–Trinajstić information content (AvgIpc) is 2.47. The summed E-state index contributed by atoms with van der Waals surface area (Å²) in [7, 11) is -3.47. The molecular formula is C14H20F2N2O2S. The topological polar surface area (TPSA) is 58.2 Å². The largest absolute Gasteiger partial charge is 0.317 e. The van der Waals surface area contributed by atoms with Crippen LogP contribution in [0.5, 0.6) is 0 Å². The molecule has 2 N–H and O–H groups in total. The molecular weight excluding hydrogens is 298 g/mol. The minimum Gasteiger partial charge on any atom is -0.317 e.